The van der Waals surface area contributed by atoms with Gasteiger partial charge in [-0.15, -0.1) is 10.2 Å². The molecule has 0 aromatic carbocycles. The number of hydrogen-bond acceptors (Lipinski definition) is 6. The van der Waals surface area contributed by atoms with Crippen molar-refractivity contribution >= 4 is 23.6 Å². The number of aromatic nitrogens is 3. The Hall–Kier alpha value is -2.29. The van der Waals surface area contributed by atoms with E-state index < -0.39 is 6.04 Å². The first-order valence-electron chi connectivity index (χ1n) is 10.3. The van der Waals surface area contributed by atoms with Gasteiger partial charge in [0.2, 0.25) is 17.6 Å². The molecule has 1 aliphatic carbocycles. The van der Waals surface area contributed by atoms with Crippen molar-refractivity contribution in [1.29, 1.82) is 0 Å². The van der Waals surface area contributed by atoms with E-state index in [-0.39, 0.29) is 17.6 Å². The van der Waals surface area contributed by atoms with E-state index >= 15 is 0 Å². The second-order valence-electron chi connectivity index (χ2n) is 7.31. The first-order chi connectivity index (χ1) is 14.1. The van der Waals surface area contributed by atoms with Crippen molar-refractivity contribution in [3.63, 3.8) is 0 Å². The molecule has 1 fully saturated rings. The maximum atomic E-state index is 12.3. The van der Waals surface area contributed by atoms with Gasteiger partial charge in [0.25, 0.3) is 0 Å². The van der Waals surface area contributed by atoms with Crippen LogP contribution in [0.1, 0.15) is 58.4 Å². The molecule has 2 aromatic heterocycles. The van der Waals surface area contributed by atoms with Crippen LogP contribution >= 0.6 is 11.8 Å². The third-order valence-electron chi connectivity index (χ3n) is 5.00. The molecule has 2 N–H and O–H groups in total. The molecule has 0 unspecified atom stereocenters. The predicted octanol–water partition coefficient (Wildman–Crippen LogP) is 3.17. The van der Waals surface area contributed by atoms with Gasteiger partial charge in [0.1, 0.15) is 6.04 Å². The number of carbonyl (C=O) groups excluding carboxylic acids is 2. The normalized spacial score (nSPS) is 15.8. The van der Waals surface area contributed by atoms with Crippen molar-refractivity contribution in [3.8, 4) is 11.6 Å². The molecule has 9 heteroatoms. The Morgan fingerprint density at radius 1 is 1.31 bits per heavy atom. The predicted molar refractivity (Wildman–Crippen MR) is 111 cm³/mol. The van der Waals surface area contributed by atoms with Gasteiger partial charge in [-0.05, 0) is 38.3 Å². The maximum absolute atomic E-state index is 12.3. The van der Waals surface area contributed by atoms with Crippen molar-refractivity contribution in [2.24, 2.45) is 0 Å². The highest BCUT2D eigenvalue weighted by atomic mass is 32.2. The summed E-state index contributed by atoms with van der Waals surface area (Å²) in [5, 5.41) is 14.9. The number of carbonyl (C=O) groups is 2. The van der Waals surface area contributed by atoms with Gasteiger partial charge in [0, 0.05) is 12.6 Å². The number of amides is 2. The fraction of sp³-hybridized carbons (Fsp3) is 0.600. The van der Waals surface area contributed by atoms with Gasteiger partial charge < -0.3 is 15.1 Å². The minimum Gasteiger partial charge on any atom is -0.461 e. The van der Waals surface area contributed by atoms with Crippen LogP contribution in [-0.2, 0) is 9.59 Å². The summed E-state index contributed by atoms with van der Waals surface area (Å²) < 4.78 is 7.66. The molecule has 0 saturated heterocycles. The van der Waals surface area contributed by atoms with Crippen molar-refractivity contribution < 1.29 is 14.0 Å². The van der Waals surface area contributed by atoms with Gasteiger partial charge in [-0.3, -0.25) is 14.2 Å². The van der Waals surface area contributed by atoms with E-state index in [1.54, 1.807) is 13.2 Å². The Bertz CT molecular complexity index is 799. The fourth-order valence-corrected chi connectivity index (χ4v) is 4.31. The molecule has 3 rings (SSSR count). The van der Waals surface area contributed by atoms with Crippen LogP contribution in [0, 0.1) is 0 Å². The van der Waals surface area contributed by atoms with Crippen LogP contribution in [0.15, 0.2) is 28.0 Å². The van der Waals surface area contributed by atoms with Crippen LogP contribution in [-0.4, -0.2) is 44.9 Å². The van der Waals surface area contributed by atoms with Crippen LogP contribution in [0.25, 0.3) is 11.6 Å². The number of hydrogen-bond donors (Lipinski definition) is 2. The SMILES string of the molecule is CCCNC(=O)[C@H](C)NC(=O)CSc1nnc(-c2ccco2)n1C1CCCCC1. The maximum Gasteiger partial charge on any atom is 0.242 e. The van der Waals surface area contributed by atoms with E-state index in [0.29, 0.717) is 29.3 Å². The summed E-state index contributed by atoms with van der Waals surface area (Å²) in [4.78, 5) is 24.3. The summed E-state index contributed by atoms with van der Waals surface area (Å²) in [5.74, 6) is 1.19. The number of thioether (sulfide) groups is 1. The molecular weight excluding hydrogens is 390 g/mol. The van der Waals surface area contributed by atoms with Crippen LogP contribution in [0.5, 0.6) is 0 Å². The Balaban J connectivity index is 1.66. The highest BCUT2D eigenvalue weighted by Gasteiger charge is 2.25. The zero-order valence-electron chi connectivity index (χ0n) is 17.0. The molecule has 1 saturated carbocycles. The molecule has 2 aromatic rings. The lowest BCUT2D eigenvalue weighted by atomic mass is 9.95. The fourth-order valence-electron chi connectivity index (χ4n) is 3.50. The minimum absolute atomic E-state index is 0.171. The van der Waals surface area contributed by atoms with Crippen molar-refractivity contribution in [2.45, 2.75) is 69.6 Å². The molecule has 1 aliphatic rings. The van der Waals surface area contributed by atoms with Crippen LogP contribution < -0.4 is 10.6 Å². The molecule has 2 amide bonds. The highest BCUT2D eigenvalue weighted by molar-refractivity contribution is 7.99. The standard InChI is InChI=1S/C20H29N5O3S/c1-3-11-21-19(27)14(2)22-17(26)13-29-20-24-23-18(16-10-7-12-28-16)25(20)15-8-5-4-6-9-15/h7,10,12,14-15H,3-6,8-9,11,13H2,1-2H3,(H,21,27)(H,22,26)/t14-/m0/s1. The van der Waals surface area contributed by atoms with Crippen LogP contribution in [0.2, 0.25) is 0 Å². The summed E-state index contributed by atoms with van der Waals surface area (Å²) in [6.07, 6.45) is 8.22. The topological polar surface area (TPSA) is 102 Å². The van der Waals surface area contributed by atoms with Crippen molar-refractivity contribution in [3.05, 3.63) is 18.4 Å². The second kappa shape index (κ2) is 10.5. The van der Waals surface area contributed by atoms with E-state index in [1.807, 2.05) is 19.1 Å². The monoisotopic (exact) mass is 419 g/mol. The summed E-state index contributed by atoms with van der Waals surface area (Å²) in [6.45, 7) is 4.28. The summed E-state index contributed by atoms with van der Waals surface area (Å²) in [7, 11) is 0. The lowest BCUT2D eigenvalue weighted by Gasteiger charge is -2.25. The quantitative estimate of drug-likeness (QED) is 0.605. The molecular formula is C20H29N5O3S. The van der Waals surface area contributed by atoms with Crippen molar-refractivity contribution in [1.82, 2.24) is 25.4 Å². The number of nitrogens with zero attached hydrogens (tertiary/aromatic N) is 3. The Morgan fingerprint density at radius 2 is 2.10 bits per heavy atom. The largest absolute Gasteiger partial charge is 0.461 e. The summed E-state index contributed by atoms with van der Waals surface area (Å²) in [6, 6.07) is 3.45. The minimum atomic E-state index is -0.565. The van der Waals surface area contributed by atoms with Gasteiger partial charge in [0.15, 0.2) is 10.9 Å². The van der Waals surface area contributed by atoms with Crippen molar-refractivity contribution in [2.75, 3.05) is 12.3 Å². The Labute approximate surface area is 175 Å². The smallest absolute Gasteiger partial charge is 0.242 e. The Morgan fingerprint density at radius 3 is 2.79 bits per heavy atom. The van der Waals surface area contributed by atoms with Gasteiger partial charge in [0.05, 0.1) is 12.0 Å². The molecule has 29 heavy (non-hydrogen) atoms. The second-order valence-corrected chi connectivity index (χ2v) is 8.26. The van der Waals surface area contributed by atoms with E-state index in [0.717, 1.165) is 19.3 Å². The van der Waals surface area contributed by atoms with Gasteiger partial charge >= 0.3 is 0 Å². The first-order valence-corrected chi connectivity index (χ1v) is 11.3. The number of furan rings is 1. The molecule has 0 spiro atoms. The van der Waals surface area contributed by atoms with E-state index in [1.165, 1.54) is 31.0 Å². The zero-order valence-corrected chi connectivity index (χ0v) is 17.8. The van der Waals surface area contributed by atoms with E-state index in [9.17, 15) is 9.59 Å². The molecule has 0 radical (unpaired) electrons. The third kappa shape index (κ3) is 5.62. The summed E-state index contributed by atoms with van der Waals surface area (Å²) in [5.41, 5.74) is 0. The van der Waals surface area contributed by atoms with Gasteiger partial charge in [-0.2, -0.15) is 0 Å². The lowest BCUT2D eigenvalue weighted by Crippen LogP contribution is -2.45. The zero-order chi connectivity index (χ0) is 20.6. The third-order valence-corrected chi connectivity index (χ3v) is 5.94. The van der Waals surface area contributed by atoms with E-state index in [2.05, 4.69) is 25.4 Å². The lowest BCUT2D eigenvalue weighted by molar-refractivity contribution is -0.127. The number of nitrogens with one attached hydrogen (secondary N) is 2. The van der Waals surface area contributed by atoms with Crippen LogP contribution in [0.3, 0.4) is 0 Å². The van der Waals surface area contributed by atoms with Gasteiger partial charge in [-0.1, -0.05) is 37.9 Å². The number of rotatable bonds is 9. The van der Waals surface area contributed by atoms with E-state index in [4.69, 9.17) is 4.42 Å². The average Bonchev–Trinajstić information content (AvgIpc) is 3.40. The Kier molecular flexibility index (Phi) is 7.74. The van der Waals surface area contributed by atoms with Crippen LogP contribution in [0.4, 0.5) is 0 Å². The molecule has 2 heterocycles. The first kappa shape index (κ1) is 21.4. The highest BCUT2D eigenvalue weighted by Crippen LogP contribution is 2.35. The molecule has 0 bridgehead atoms. The molecule has 0 aliphatic heterocycles. The molecule has 1 atom stereocenters. The summed E-state index contributed by atoms with van der Waals surface area (Å²) >= 11 is 1.34. The molecule has 158 valence electrons. The molecule has 8 nitrogen and oxygen atoms in total. The average molecular weight is 420 g/mol. The van der Waals surface area contributed by atoms with Gasteiger partial charge in [-0.25, -0.2) is 0 Å².